The SMILES string of the molecule is [O-][Cl+](O)(O)O.c1ccc2c(c1)C1c3cccc[n+]3C2CC1n1c2ccccc2c2ccccc21. The zero-order valence-electron chi connectivity index (χ0n) is 18.2. The van der Waals surface area contributed by atoms with Crippen molar-refractivity contribution in [2.75, 3.05) is 0 Å². The fraction of sp³-hybridized carbons (Fsp3) is 0.148. The summed E-state index contributed by atoms with van der Waals surface area (Å²) in [6.45, 7) is 0. The summed E-state index contributed by atoms with van der Waals surface area (Å²) >= 11 is 0. The molecule has 2 aromatic heterocycles. The quantitative estimate of drug-likeness (QED) is 0.325. The largest absolute Gasteiger partial charge is 0.336 e. The van der Waals surface area contributed by atoms with Gasteiger partial charge in [0, 0.05) is 45.9 Å². The molecule has 34 heavy (non-hydrogen) atoms. The van der Waals surface area contributed by atoms with Gasteiger partial charge in [0.05, 0.1) is 12.0 Å². The summed E-state index contributed by atoms with van der Waals surface area (Å²) in [7, 11) is -4.19. The molecule has 0 radical (unpaired) electrons. The summed E-state index contributed by atoms with van der Waals surface area (Å²) < 4.78 is 35.4. The molecular formula is C27H24ClN2O4+. The van der Waals surface area contributed by atoms with Crippen LogP contribution in [0.4, 0.5) is 0 Å². The van der Waals surface area contributed by atoms with Gasteiger partial charge in [0.15, 0.2) is 17.9 Å². The van der Waals surface area contributed by atoms with E-state index in [0.29, 0.717) is 18.0 Å². The summed E-state index contributed by atoms with van der Waals surface area (Å²) in [6, 6.07) is 34.4. The van der Waals surface area contributed by atoms with Gasteiger partial charge in [0.2, 0.25) is 0 Å². The molecule has 5 aromatic rings. The maximum atomic E-state index is 8.83. The predicted octanol–water partition coefficient (Wildman–Crippen LogP) is 2.90. The van der Waals surface area contributed by atoms with Crippen molar-refractivity contribution >= 4 is 21.8 Å². The molecule has 3 atom stereocenters. The van der Waals surface area contributed by atoms with Crippen LogP contribution >= 0.6 is 0 Å². The van der Waals surface area contributed by atoms with E-state index >= 15 is 0 Å². The first-order chi connectivity index (χ1) is 16.4. The molecule has 3 aliphatic rings. The van der Waals surface area contributed by atoms with E-state index < -0.39 is 10.2 Å². The fourth-order valence-corrected chi connectivity index (χ4v) is 6.00. The van der Waals surface area contributed by atoms with Gasteiger partial charge >= 0.3 is 28.9 Å². The molecule has 0 fully saturated rings. The summed E-state index contributed by atoms with van der Waals surface area (Å²) in [5.74, 6) is 0.372. The first kappa shape index (κ1) is 21.3. The molecule has 3 N–H and O–H groups in total. The van der Waals surface area contributed by atoms with Crippen LogP contribution in [-0.4, -0.2) is 18.5 Å². The standard InChI is InChI=1S/C27H21N2.ClH3O4/c1-2-12-21-20(11-1)25-17-26(27(21)24-15-7-8-16-28(24)25)29-22-13-5-3-9-18(22)19-10-4-6-14-23(19)29;2-1(3,4)5/h1-16,25-27H,17H2;2-4H/q+1;. The van der Waals surface area contributed by atoms with Crippen molar-refractivity contribution in [3.05, 3.63) is 114 Å². The maximum absolute atomic E-state index is 8.83. The van der Waals surface area contributed by atoms with Crippen LogP contribution < -0.4 is 9.23 Å². The van der Waals surface area contributed by atoms with Crippen LogP contribution in [0.25, 0.3) is 21.8 Å². The molecule has 7 heteroatoms. The van der Waals surface area contributed by atoms with E-state index in [-0.39, 0.29) is 0 Å². The van der Waals surface area contributed by atoms with E-state index in [1.165, 1.54) is 38.6 Å². The Bertz CT molecular complexity index is 1420. The smallest absolute Gasteiger partial charge is 0.191 e. The fourth-order valence-electron chi connectivity index (χ4n) is 6.00. The molecular weight excluding hydrogens is 452 g/mol. The van der Waals surface area contributed by atoms with E-state index in [9.17, 15) is 0 Å². The van der Waals surface area contributed by atoms with Gasteiger partial charge < -0.3 is 4.57 Å². The normalized spacial score (nSPS) is 21.0. The molecule has 0 saturated carbocycles. The number of benzene rings is 3. The minimum Gasteiger partial charge on any atom is -0.336 e. The zero-order valence-corrected chi connectivity index (χ0v) is 19.0. The van der Waals surface area contributed by atoms with Crippen LogP contribution in [0.2, 0.25) is 0 Å². The summed E-state index contributed by atoms with van der Waals surface area (Å²) in [6.07, 6.45) is 3.40. The first-order valence-electron chi connectivity index (χ1n) is 11.1. The second kappa shape index (κ2) is 7.91. The third-order valence-electron chi connectivity index (χ3n) is 7.07. The monoisotopic (exact) mass is 475 g/mol. The topological polar surface area (TPSA) is 92.6 Å². The average Bonchev–Trinajstić information content (AvgIpc) is 3.17. The third-order valence-corrected chi connectivity index (χ3v) is 7.07. The Balaban J connectivity index is 0.000000398. The minimum atomic E-state index is -4.19. The molecule has 0 spiro atoms. The van der Waals surface area contributed by atoms with Gasteiger partial charge in [-0.2, -0.15) is 4.57 Å². The van der Waals surface area contributed by atoms with Crippen molar-refractivity contribution in [3.8, 4) is 0 Å². The Labute approximate surface area is 198 Å². The van der Waals surface area contributed by atoms with Gasteiger partial charge in [0.1, 0.15) is 0 Å². The molecule has 4 heterocycles. The van der Waals surface area contributed by atoms with Gasteiger partial charge in [-0.3, -0.25) is 0 Å². The van der Waals surface area contributed by atoms with Crippen LogP contribution in [0.1, 0.15) is 41.2 Å². The molecule has 0 saturated heterocycles. The molecule has 0 amide bonds. The molecule has 6 nitrogen and oxygen atoms in total. The number of aromatic nitrogens is 2. The summed E-state index contributed by atoms with van der Waals surface area (Å²) in [5.41, 5.74) is 7.15. The predicted molar refractivity (Wildman–Crippen MR) is 123 cm³/mol. The van der Waals surface area contributed by atoms with Gasteiger partial charge in [-0.1, -0.05) is 66.7 Å². The minimum absolute atomic E-state index is 0.372. The number of hydrogen-bond acceptors (Lipinski definition) is 4. The molecule has 2 aliphatic heterocycles. The number of nitrogens with zero attached hydrogens (tertiary/aromatic N) is 2. The van der Waals surface area contributed by atoms with Crippen molar-refractivity contribution in [3.63, 3.8) is 0 Å². The maximum Gasteiger partial charge on any atom is 0.191 e. The van der Waals surface area contributed by atoms with E-state index in [1.807, 2.05) is 0 Å². The van der Waals surface area contributed by atoms with Gasteiger partial charge in [-0.15, -0.1) is 0 Å². The number of para-hydroxylation sites is 2. The van der Waals surface area contributed by atoms with E-state index in [0.717, 1.165) is 6.42 Å². The molecule has 8 rings (SSSR count). The molecule has 3 aromatic carbocycles. The number of halogens is 1. The number of rotatable bonds is 1. The first-order valence-corrected chi connectivity index (χ1v) is 12.5. The van der Waals surface area contributed by atoms with Gasteiger partial charge in [-0.25, -0.2) is 0 Å². The van der Waals surface area contributed by atoms with Crippen LogP contribution in [0.3, 0.4) is 0 Å². The third kappa shape index (κ3) is 3.39. The van der Waals surface area contributed by atoms with Crippen molar-refractivity contribution in [2.45, 2.75) is 24.4 Å². The Hall–Kier alpha value is -3.26. The molecule has 3 unspecified atom stereocenters. The van der Waals surface area contributed by atoms with Crippen molar-refractivity contribution < 1.29 is 33.4 Å². The molecule has 1 aliphatic carbocycles. The van der Waals surface area contributed by atoms with Gasteiger partial charge in [0.25, 0.3) is 0 Å². The Morgan fingerprint density at radius 1 is 0.735 bits per heavy atom. The number of fused-ring (bicyclic) bond motifs is 4. The van der Waals surface area contributed by atoms with Crippen LogP contribution in [0.15, 0.2) is 97.2 Å². The average molecular weight is 476 g/mol. The molecule has 172 valence electrons. The van der Waals surface area contributed by atoms with Crippen LogP contribution in [-0.2, 0) is 0 Å². The van der Waals surface area contributed by atoms with Crippen molar-refractivity contribution in [1.82, 2.24) is 4.57 Å². The Morgan fingerprint density at radius 3 is 1.91 bits per heavy atom. The Kier molecular flexibility index (Phi) is 4.95. The van der Waals surface area contributed by atoms with E-state index in [4.69, 9.17) is 18.6 Å². The summed E-state index contributed by atoms with van der Waals surface area (Å²) in [5, 5.41) is 2.72. The van der Waals surface area contributed by atoms with Crippen LogP contribution in [0.5, 0.6) is 0 Å². The van der Waals surface area contributed by atoms with Crippen molar-refractivity contribution in [2.24, 2.45) is 0 Å². The van der Waals surface area contributed by atoms with Crippen molar-refractivity contribution in [1.29, 1.82) is 0 Å². The zero-order chi connectivity index (χ0) is 23.4. The van der Waals surface area contributed by atoms with Crippen LogP contribution in [0, 0.1) is 10.2 Å². The number of hydrogen-bond donors (Lipinski definition) is 3. The second-order valence-corrected chi connectivity index (χ2v) is 9.66. The Morgan fingerprint density at radius 2 is 1.26 bits per heavy atom. The van der Waals surface area contributed by atoms with E-state index in [2.05, 4.69) is 106 Å². The number of pyridine rings is 1. The second-order valence-electron chi connectivity index (χ2n) is 8.80. The van der Waals surface area contributed by atoms with Gasteiger partial charge in [-0.05, 0) is 17.7 Å². The molecule has 2 bridgehead atoms. The van der Waals surface area contributed by atoms with E-state index in [1.54, 1.807) is 0 Å². The summed E-state index contributed by atoms with van der Waals surface area (Å²) in [4.78, 5) is 0.